The number of carbonyl (C=O) groups excluding carboxylic acids is 1. The molecule has 2 saturated heterocycles. The van der Waals surface area contributed by atoms with Gasteiger partial charge in [-0.25, -0.2) is 0 Å². The van der Waals surface area contributed by atoms with E-state index in [1.165, 1.54) is 11.3 Å². The molecule has 3 nitrogen and oxygen atoms in total. The Morgan fingerprint density at radius 3 is 2.57 bits per heavy atom. The van der Waals surface area contributed by atoms with Crippen molar-refractivity contribution in [1.82, 2.24) is 4.90 Å². The molecule has 3 rings (SSSR count). The number of likely N-dealkylation sites (tertiary alicyclic amines) is 1. The highest BCUT2D eigenvalue weighted by Gasteiger charge is 2.38. The number of piperidine rings is 1. The Kier molecular flexibility index (Phi) is 4.55. The van der Waals surface area contributed by atoms with Gasteiger partial charge in [-0.05, 0) is 61.6 Å². The van der Waals surface area contributed by atoms with E-state index < -0.39 is 0 Å². The van der Waals surface area contributed by atoms with Crippen LogP contribution in [0.4, 0.5) is 0 Å². The molecule has 0 aliphatic carbocycles. The summed E-state index contributed by atoms with van der Waals surface area (Å²) in [6, 6.07) is 7.98. The first-order valence-electron chi connectivity index (χ1n) is 7.74. The molecule has 0 atom stereocenters. The van der Waals surface area contributed by atoms with Crippen LogP contribution in [0.15, 0.2) is 29.2 Å². The third-order valence-corrected chi connectivity index (χ3v) is 5.58. The van der Waals surface area contributed by atoms with Crippen LogP contribution in [0.2, 0.25) is 0 Å². The Morgan fingerprint density at radius 1 is 1.19 bits per heavy atom. The Labute approximate surface area is 131 Å². The first-order chi connectivity index (χ1) is 10.2. The van der Waals surface area contributed by atoms with Crippen LogP contribution in [0.5, 0.6) is 0 Å². The lowest BCUT2D eigenvalue weighted by Gasteiger charge is -2.45. The van der Waals surface area contributed by atoms with Gasteiger partial charge >= 0.3 is 0 Å². The predicted octanol–water partition coefficient (Wildman–Crippen LogP) is 3.44. The third kappa shape index (κ3) is 3.27. The lowest BCUT2D eigenvalue weighted by atomic mass is 9.74. The Bertz CT molecular complexity index is 489. The molecule has 0 radical (unpaired) electrons. The number of thioether (sulfide) groups is 1. The molecule has 0 N–H and O–H groups in total. The van der Waals surface area contributed by atoms with Crippen LogP contribution in [0.1, 0.15) is 36.0 Å². The van der Waals surface area contributed by atoms with Crippen molar-refractivity contribution in [3.8, 4) is 0 Å². The van der Waals surface area contributed by atoms with E-state index in [1.807, 2.05) is 24.3 Å². The Morgan fingerprint density at radius 2 is 1.90 bits per heavy atom. The van der Waals surface area contributed by atoms with E-state index in [2.05, 4.69) is 11.2 Å². The molecule has 21 heavy (non-hydrogen) atoms. The van der Waals surface area contributed by atoms with Gasteiger partial charge in [0.2, 0.25) is 0 Å². The van der Waals surface area contributed by atoms with E-state index in [9.17, 15) is 4.79 Å². The van der Waals surface area contributed by atoms with Gasteiger partial charge in [0.25, 0.3) is 5.91 Å². The zero-order valence-corrected chi connectivity index (χ0v) is 13.5. The van der Waals surface area contributed by atoms with Crippen LogP contribution in [0.25, 0.3) is 0 Å². The van der Waals surface area contributed by atoms with Crippen molar-refractivity contribution >= 4 is 17.7 Å². The molecule has 1 aromatic carbocycles. The summed E-state index contributed by atoms with van der Waals surface area (Å²) in [4.78, 5) is 16.0. The molecular formula is C17H23NO2S. The van der Waals surface area contributed by atoms with E-state index in [1.54, 1.807) is 11.8 Å². The minimum Gasteiger partial charge on any atom is -0.381 e. The molecule has 114 valence electrons. The van der Waals surface area contributed by atoms with E-state index in [0.717, 1.165) is 51.1 Å². The molecule has 4 heteroatoms. The maximum absolute atomic E-state index is 12.7. The summed E-state index contributed by atoms with van der Waals surface area (Å²) in [5, 5.41) is 0. The predicted molar refractivity (Wildman–Crippen MR) is 85.8 cm³/mol. The second kappa shape index (κ2) is 6.41. The molecule has 2 fully saturated rings. The lowest BCUT2D eigenvalue weighted by Crippen LogP contribution is -2.48. The van der Waals surface area contributed by atoms with Crippen molar-refractivity contribution in [2.75, 3.05) is 32.6 Å². The van der Waals surface area contributed by atoms with E-state index >= 15 is 0 Å². The second-order valence-corrected chi connectivity index (χ2v) is 7.05. The van der Waals surface area contributed by atoms with Crippen LogP contribution in [0.3, 0.4) is 0 Å². The topological polar surface area (TPSA) is 29.5 Å². The van der Waals surface area contributed by atoms with Crippen molar-refractivity contribution in [3.63, 3.8) is 0 Å². The molecule has 1 spiro atoms. The van der Waals surface area contributed by atoms with Gasteiger partial charge in [0.05, 0.1) is 0 Å². The average Bonchev–Trinajstić information content (AvgIpc) is 2.55. The third-order valence-electron chi connectivity index (χ3n) is 4.84. The largest absolute Gasteiger partial charge is 0.381 e. The number of benzene rings is 1. The fourth-order valence-electron chi connectivity index (χ4n) is 3.51. The molecule has 1 aromatic rings. The van der Waals surface area contributed by atoms with Gasteiger partial charge in [0.1, 0.15) is 0 Å². The molecule has 0 saturated carbocycles. The Hall–Kier alpha value is -1.00. The normalized spacial score (nSPS) is 21.5. The number of hydrogen-bond donors (Lipinski definition) is 0. The summed E-state index contributed by atoms with van der Waals surface area (Å²) < 4.78 is 5.50. The minimum atomic E-state index is 0.188. The zero-order valence-electron chi connectivity index (χ0n) is 12.6. The first kappa shape index (κ1) is 14.9. The SMILES string of the molecule is CSc1ccc(C(=O)N2CCCC3(CCOCC3)C2)cc1. The van der Waals surface area contributed by atoms with Crippen LogP contribution in [-0.4, -0.2) is 43.4 Å². The maximum atomic E-state index is 12.7. The molecular weight excluding hydrogens is 282 g/mol. The highest BCUT2D eigenvalue weighted by molar-refractivity contribution is 7.98. The quantitative estimate of drug-likeness (QED) is 0.784. The zero-order chi connectivity index (χ0) is 14.7. The van der Waals surface area contributed by atoms with Gasteiger partial charge in [-0.2, -0.15) is 0 Å². The summed E-state index contributed by atoms with van der Waals surface area (Å²) >= 11 is 1.70. The van der Waals surface area contributed by atoms with Gasteiger partial charge in [-0.3, -0.25) is 4.79 Å². The van der Waals surface area contributed by atoms with Crippen LogP contribution in [-0.2, 0) is 4.74 Å². The van der Waals surface area contributed by atoms with Crippen molar-refractivity contribution in [3.05, 3.63) is 29.8 Å². The van der Waals surface area contributed by atoms with Gasteiger partial charge < -0.3 is 9.64 Å². The summed E-state index contributed by atoms with van der Waals surface area (Å²) in [7, 11) is 0. The van der Waals surface area contributed by atoms with E-state index in [0.29, 0.717) is 5.41 Å². The second-order valence-electron chi connectivity index (χ2n) is 6.17. The van der Waals surface area contributed by atoms with Crippen LogP contribution >= 0.6 is 11.8 Å². The number of nitrogens with zero attached hydrogens (tertiary/aromatic N) is 1. The van der Waals surface area contributed by atoms with Gasteiger partial charge in [0.15, 0.2) is 0 Å². The number of rotatable bonds is 2. The molecule has 0 unspecified atom stereocenters. The first-order valence-corrected chi connectivity index (χ1v) is 8.96. The average molecular weight is 305 g/mol. The van der Waals surface area contributed by atoms with Gasteiger partial charge in [-0.1, -0.05) is 0 Å². The van der Waals surface area contributed by atoms with Crippen molar-refractivity contribution in [1.29, 1.82) is 0 Å². The molecule has 0 aromatic heterocycles. The monoisotopic (exact) mass is 305 g/mol. The van der Waals surface area contributed by atoms with Crippen molar-refractivity contribution in [2.24, 2.45) is 5.41 Å². The number of ether oxygens (including phenoxy) is 1. The summed E-state index contributed by atoms with van der Waals surface area (Å²) in [5.74, 6) is 0.188. The summed E-state index contributed by atoms with van der Waals surface area (Å²) in [6.45, 7) is 3.50. The van der Waals surface area contributed by atoms with Crippen LogP contribution < -0.4 is 0 Å². The Balaban J connectivity index is 1.71. The lowest BCUT2D eigenvalue weighted by molar-refractivity contribution is -0.0229. The highest BCUT2D eigenvalue weighted by atomic mass is 32.2. The molecule has 2 aliphatic rings. The summed E-state index contributed by atoms with van der Waals surface area (Å²) in [6.07, 6.45) is 6.61. The minimum absolute atomic E-state index is 0.188. The smallest absolute Gasteiger partial charge is 0.253 e. The highest BCUT2D eigenvalue weighted by Crippen LogP contribution is 2.39. The number of amides is 1. The van der Waals surface area contributed by atoms with Crippen molar-refractivity contribution in [2.45, 2.75) is 30.6 Å². The maximum Gasteiger partial charge on any atom is 0.253 e. The van der Waals surface area contributed by atoms with E-state index in [4.69, 9.17) is 4.74 Å². The number of hydrogen-bond acceptors (Lipinski definition) is 3. The fraction of sp³-hybridized carbons (Fsp3) is 0.588. The molecule has 2 aliphatic heterocycles. The molecule has 1 amide bonds. The van der Waals surface area contributed by atoms with Crippen molar-refractivity contribution < 1.29 is 9.53 Å². The standard InChI is InChI=1S/C17H23NO2S/c1-21-15-5-3-14(4-6-15)16(19)18-10-2-7-17(13-18)8-11-20-12-9-17/h3-6H,2,7-13H2,1H3. The molecule has 2 heterocycles. The summed E-state index contributed by atoms with van der Waals surface area (Å²) in [5.41, 5.74) is 1.13. The van der Waals surface area contributed by atoms with Crippen LogP contribution in [0, 0.1) is 5.41 Å². The van der Waals surface area contributed by atoms with E-state index in [-0.39, 0.29) is 5.91 Å². The van der Waals surface area contributed by atoms with Gasteiger partial charge in [-0.15, -0.1) is 11.8 Å². The van der Waals surface area contributed by atoms with Gasteiger partial charge in [0, 0.05) is 36.8 Å². The number of carbonyl (C=O) groups is 1. The molecule has 0 bridgehead atoms. The fourth-order valence-corrected chi connectivity index (χ4v) is 3.92.